The van der Waals surface area contributed by atoms with Crippen LogP contribution < -0.4 is 0 Å². The molecule has 0 N–H and O–H groups in total. The smallest absolute Gasteiger partial charge is 0.185 e. The fourth-order valence-corrected chi connectivity index (χ4v) is 3.53. The van der Waals surface area contributed by atoms with Crippen LogP contribution in [0.2, 0.25) is 19.6 Å². The highest BCUT2D eigenvalue weighted by atomic mass is 28.4. The zero-order valence-electron chi connectivity index (χ0n) is 15.1. The molecule has 0 amide bonds. The molecule has 2 atom stereocenters. The largest absolute Gasteiger partial charge is 0.404 e. The van der Waals surface area contributed by atoms with Gasteiger partial charge in [0, 0.05) is 0 Å². The molecule has 3 heteroatoms. The van der Waals surface area contributed by atoms with Crippen LogP contribution in [0, 0.1) is 17.8 Å². The molecule has 0 saturated heterocycles. The molecule has 1 aromatic carbocycles. The Morgan fingerprint density at radius 2 is 1.87 bits per heavy atom. The van der Waals surface area contributed by atoms with E-state index in [-0.39, 0.29) is 17.6 Å². The van der Waals surface area contributed by atoms with Crippen LogP contribution in [-0.2, 0) is 15.8 Å². The lowest BCUT2D eigenvalue weighted by Crippen LogP contribution is -2.38. The predicted molar refractivity (Wildman–Crippen MR) is 101 cm³/mol. The lowest BCUT2D eigenvalue weighted by molar-refractivity contribution is -0.0183. The highest BCUT2D eigenvalue weighted by Gasteiger charge is 2.32. The van der Waals surface area contributed by atoms with Gasteiger partial charge < -0.3 is 9.16 Å². The topological polar surface area (TPSA) is 18.5 Å². The molecule has 0 saturated carbocycles. The van der Waals surface area contributed by atoms with Gasteiger partial charge in [-0.25, -0.2) is 0 Å². The second kappa shape index (κ2) is 8.49. The molecule has 2 nitrogen and oxygen atoms in total. The van der Waals surface area contributed by atoms with Gasteiger partial charge in [0.1, 0.15) is 6.10 Å². The minimum Gasteiger partial charge on any atom is -0.404 e. The van der Waals surface area contributed by atoms with Crippen LogP contribution in [0.1, 0.15) is 25.8 Å². The van der Waals surface area contributed by atoms with Gasteiger partial charge in [-0.15, -0.1) is 13.0 Å². The van der Waals surface area contributed by atoms with E-state index < -0.39 is 8.32 Å². The van der Waals surface area contributed by atoms with Crippen molar-refractivity contribution in [2.45, 2.75) is 58.7 Å². The summed E-state index contributed by atoms with van der Waals surface area (Å²) in [7, 11) is -1.67. The SMILES string of the molecule is C#CC(CC(C)(C)C(C=C)OCc1ccccc1)O[Si](C)(C)C. The Balaban J connectivity index is 2.70. The van der Waals surface area contributed by atoms with Crippen molar-refractivity contribution in [2.24, 2.45) is 5.41 Å². The standard InChI is InChI=1S/C20H30O2Si/c1-8-18(22-23(5,6)7)15-20(3,4)19(9-2)21-16-17-13-11-10-12-14-17/h1,9-14,18-19H,2,15-16H2,3-7H3. The van der Waals surface area contributed by atoms with Gasteiger partial charge in [0.2, 0.25) is 0 Å². The van der Waals surface area contributed by atoms with E-state index in [4.69, 9.17) is 15.6 Å². The fraction of sp³-hybridized carbons (Fsp3) is 0.500. The first-order valence-electron chi connectivity index (χ1n) is 8.10. The number of ether oxygens (including phenoxy) is 1. The molecule has 0 aliphatic rings. The van der Waals surface area contributed by atoms with E-state index in [1.54, 1.807) is 0 Å². The first kappa shape index (κ1) is 19.7. The molecule has 0 aliphatic heterocycles. The summed E-state index contributed by atoms with van der Waals surface area (Å²) in [5.74, 6) is 2.79. The molecule has 2 unspecified atom stereocenters. The van der Waals surface area contributed by atoms with Crippen LogP contribution in [0.3, 0.4) is 0 Å². The molecule has 0 spiro atoms. The molecule has 0 heterocycles. The quantitative estimate of drug-likeness (QED) is 0.359. The minimum absolute atomic E-state index is 0.0798. The van der Waals surface area contributed by atoms with Gasteiger partial charge in [0.05, 0.1) is 12.7 Å². The second-order valence-electron chi connectivity index (χ2n) is 7.53. The Bertz CT molecular complexity index is 523. The molecular formula is C20H30O2Si. The Labute approximate surface area is 143 Å². The molecule has 0 aliphatic carbocycles. The number of hydrogen-bond donors (Lipinski definition) is 0. The van der Waals surface area contributed by atoms with E-state index in [2.05, 4.69) is 58.1 Å². The van der Waals surface area contributed by atoms with Crippen molar-refractivity contribution in [2.75, 3.05) is 0 Å². The molecule has 23 heavy (non-hydrogen) atoms. The van der Waals surface area contributed by atoms with Crippen LogP contribution in [0.5, 0.6) is 0 Å². The Morgan fingerprint density at radius 3 is 2.35 bits per heavy atom. The molecular weight excluding hydrogens is 300 g/mol. The average molecular weight is 331 g/mol. The van der Waals surface area contributed by atoms with E-state index in [1.807, 2.05) is 24.3 Å². The van der Waals surface area contributed by atoms with Gasteiger partial charge >= 0.3 is 0 Å². The zero-order chi connectivity index (χ0) is 17.5. The third kappa shape index (κ3) is 7.17. The van der Waals surface area contributed by atoms with E-state index in [1.165, 1.54) is 0 Å². The van der Waals surface area contributed by atoms with E-state index in [9.17, 15) is 0 Å². The third-order valence-electron chi connectivity index (χ3n) is 3.65. The molecule has 1 aromatic rings. The van der Waals surface area contributed by atoms with Gasteiger partial charge in [-0.1, -0.05) is 56.2 Å². The summed E-state index contributed by atoms with van der Waals surface area (Å²) in [4.78, 5) is 0. The summed E-state index contributed by atoms with van der Waals surface area (Å²) in [5.41, 5.74) is 1.01. The Morgan fingerprint density at radius 1 is 1.26 bits per heavy atom. The van der Waals surface area contributed by atoms with E-state index in [0.717, 1.165) is 12.0 Å². The van der Waals surface area contributed by atoms with Gasteiger partial charge in [-0.2, -0.15) is 0 Å². The number of hydrogen-bond acceptors (Lipinski definition) is 2. The first-order valence-corrected chi connectivity index (χ1v) is 11.5. The summed E-state index contributed by atoms with van der Waals surface area (Å²) < 4.78 is 12.2. The van der Waals surface area contributed by atoms with Gasteiger partial charge in [-0.3, -0.25) is 0 Å². The van der Waals surface area contributed by atoms with Gasteiger partial charge in [0.15, 0.2) is 8.32 Å². The minimum atomic E-state index is -1.67. The summed E-state index contributed by atoms with van der Waals surface area (Å²) in [5, 5.41) is 0. The molecule has 1 rings (SSSR count). The predicted octanol–water partition coefficient (Wildman–Crippen LogP) is 5.03. The number of terminal acetylenes is 1. The van der Waals surface area contributed by atoms with Crippen molar-refractivity contribution in [3.8, 4) is 12.3 Å². The maximum absolute atomic E-state index is 6.09. The van der Waals surface area contributed by atoms with Crippen molar-refractivity contribution in [3.05, 3.63) is 48.6 Å². The van der Waals surface area contributed by atoms with Crippen LogP contribution in [0.15, 0.2) is 43.0 Å². The third-order valence-corrected chi connectivity index (χ3v) is 4.64. The lowest BCUT2D eigenvalue weighted by atomic mass is 9.81. The lowest BCUT2D eigenvalue weighted by Gasteiger charge is -2.35. The summed E-state index contributed by atoms with van der Waals surface area (Å²) in [6, 6.07) is 10.2. The van der Waals surface area contributed by atoms with Crippen molar-refractivity contribution >= 4 is 8.32 Å². The monoisotopic (exact) mass is 330 g/mol. The van der Waals surface area contributed by atoms with Crippen LogP contribution in [0.4, 0.5) is 0 Å². The van der Waals surface area contributed by atoms with E-state index in [0.29, 0.717) is 6.61 Å². The van der Waals surface area contributed by atoms with Gasteiger partial charge in [-0.05, 0) is 37.0 Å². The fourth-order valence-electron chi connectivity index (χ4n) is 2.53. The van der Waals surface area contributed by atoms with Crippen molar-refractivity contribution < 1.29 is 9.16 Å². The maximum Gasteiger partial charge on any atom is 0.185 e. The Hall–Kier alpha value is -1.34. The number of rotatable bonds is 9. The Kier molecular flexibility index (Phi) is 7.28. The van der Waals surface area contributed by atoms with Crippen LogP contribution in [-0.4, -0.2) is 20.5 Å². The molecule has 0 radical (unpaired) electrons. The normalized spacial score (nSPS) is 14.8. The van der Waals surface area contributed by atoms with Crippen molar-refractivity contribution in [3.63, 3.8) is 0 Å². The van der Waals surface area contributed by atoms with Gasteiger partial charge in [0.25, 0.3) is 0 Å². The molecule has 0 fully saturated rings. The first-order chi connectivity index (χ1) is 10.7. The molecule has 0 bridgehead atoms. The highest BCUT2D eigenvalue weighted by Crippen LogP contribution is 2.32. The number of benzene rings is 1. The second-order valence-corrected chi connectivity index (χ2v) is 12.0. The summed E-state index contributed by atoms with van der Waals surface area (Å²) in [6.07, 6.45) is 8.03. The van der Waals surface area contributed by atoms with E-state index >= 15 is 0 Å². The zero-order valence-corrected chi connectivity index (χ0v) is 16.1. The van der Waals surface area contributed by atoms with Crippen molar-refractivity contribution in [1.29, 1.82) is 0 Å². The van der Waals surface area contributed by atoms with Crippen molar-refractivity contribution in [1.82, 2.24) is 0 Å². The summed E-state index contributed by atoms with van der Waals surface area (Å²) in [6.45, 7) is 15.3. The summed E-state index contributed by atoms with van der Waals surface area (Å²) >= 11 is 0. The highest BCUT2D eigenvalue weighted by molar-refractivity contribution is 6.69. The molecule has 0 aromatic heterocycles. The molecule has 126 valence electrons. The van der Waals surface area contributed by atoms with Crippen LogP contribution >= 0.6 is 0 Å². The van der Waals surface area contributed by atoms with Crippen LogP contribution in [0.25, 0.3) is 0 Å². The average Bonchev–Trinajstić information content (AvgIpc) is 2.46. The maximum atomic E-state index is 6.09.